The lowest BCUT2D eigenvalue weighted by atomic mass is 10.0. The molecule has 0 aromatic heterocycles. The fourth-order valence-electron chi connectivity index (χ4n) is 2.25. The minimum absolute atomic E-state index is 0. The van der Waals surface area contributed by atoms with Gasteiger partial charge in [-0.05, 0) is 29.2 Å². The molecule has 2 N–H and O–H groups in total. The lowest BCUT2D eigenvalue weighted by Gasteiger charge is -2.16. The van der Waals surface area contributed by atoms with Crippen molar-refractivity contribution >= 4 is 29.9 Å². The van der Waals surface area contributed by atoms with Crippen molar-refractivity contribution in [1.82, 2.24) is 10.6 Å². The molecule has 2 aromatic rings. The molecule has 2 rings (SSSR count). The Labute approximate surface area is 161 Å². The lowest BCUT2D eigenvalue weighted by Crippen LogP contribution is -2.38. The number of benzene rings is 2. The second-order valence-corrected chi connectivity index (χ2v) is 5.43. The first-order chi connectivity index (χ1) is 11.2. The first-order valence-corrected chi connectivity index (χ1v) is 7.71. The van der Waals surface area contributed by atoms with E-state index in [0.29, 0.717) is 18.0 Å². The third kappa shape index (κ3) is 6.20. The van der Waals surface area contributed by atoms with Gasteiger partial charge in [-0.15, -0.1) is 24.0 Å². The molecular weight excluding hydrogens is 411 g/mol. The molecule has 1 unspecified atom stereocenters. The molecule has 0 fully saturated rings. The van der Waals surface area contributed by atoms with Crippen LogP contribution in [0.25, 0.3) is 0 Å². The van der Waals surface area contributed by atoms with Crippen LogP contribution in [0.15, 0.2) is 59.6 Å². The highest BCUT2D eigenvalue weighted by Gasteiger charge is 2.06. The zero-order valence-electron chi connectivity index (χ0n) is 14.0. The predicted molar refractivity (Wildman–Crippen MR) is 110 cm³/mol. The maximum Gasteiger partial charge on any atom is 0.191 e. The maximum absolute atomic E-state index is 8.81. The van der Waals surface area contributed by atoms with Crippen LogP contribution >= 0.6 is 24.0 Å². The Bertz CT molecular complexity index is 675. The second-order valence-electron chi connectivity index (χ2n) is 5.43. The van der Waals surface area contributed by atoms with Gasteiger partial charge in [0.05, 0.1) is 11.6 Å². The van der Waals surface area contributed by atoms with Gasteiger partial charge in [-0.2, -0.15) is 5.26 Å². The molecular formula is C19H23IN4. The van der Waals surface area contributed by atoms with Gasteiger partial charge in [0, 0.05) is 20.1 Å². The standard InChI is InChI=1S/C19H22N4.HI/c1-15(18-6-4-3-5-7-18)13-22-19(21-2)23-14-17-10-8-16(12-20)9-11-17;/h3-11,15H,13-14H2,1-2H3,(H2,21,22,23);1H. The van der Waals surface area contributed by atoms with Gasteiger partial charge in [-0.25, -0.2) is 0 Å². The van der Waals surface area contributed by atoms with Gasteiger partial charge in [0.25, 0.3) is 0 Å². The van der Waals surface area contributed by atoms with Crippen LogP contribution in [-0.2, 0) is 6.54 Å². The molecule has 0 saturated carbocycles. The number of nitrogens with zero attached hydrogens (tertiary/aromatic N) is 2. The van der Waals surface area contributed by atoms with Crippen molar-refractivity contribution in [3.8, 4) is 6.07 Å². The normalized spacial score (nSPS) is 11.8. The molecule has 0 radical (unpaired) electrons. The molecule has 0 amide bonds. The molecule has 24 heavy (non-hydrogen) atoms. The maximum atomic E-state index is 8.81. The van der Waals surface area contributed by atoms with E-state index in [0.717, 1.165) is 18.1 Å². The van der Waals surface area contributed by atoms with Gasteiger partial charge >= 0.3 is 0 Å². The van der Waals surface area contributed by atoms with Gasteiger partial charge in [-0.1, -0.05) is 49.4 Å². The van der Waals surface area contributed by atoms with Crippen molar-refractivity contribution in [3.05, 3.63) is 71.3 Å². The fraction of sp³-hybridized carbons (Fsp3) is 0.263. The molecule has 0 saturated heterocycles. The molecule has 0 heterocycles. The Hall–Kier alpha value is -2.07. The van der Waals surface area contributed by atoms with Crippen LogP contribution in [0.3, 0.4) is 0 Å². The summed E-state index contributed by atoms with van der Waals surface area (Å²) in [5.74, 6) is 1.18. The van der Waals surface area contributed by atoms with E-state index in [1.165, 1.54) is 5.56 Å². The topological polar surface area (TPSA) is 60.2 Å². The van der Waals surface area contributed by atoms with Gasteiger partial charge in [0.2, 0.25) is 0 Å². The number of rotatable bonds is 5. The van der Waals surface area contributed by atoms with E-state index >= 15 is 0 Å². The molecule has 2 aromatic carbocycles. The summed E-state index contributed by atoms with van der Waals surface area (Å²) in [6.45, 7) is 3.68. The number of hydrogen-bond donors (Lipinski definition) is 2. The van der Waals surface area contributed by atoms with Crippen LogP contribution in [0.5, 0.6) is 0 Å². The van der Waals surface area contributed by atoms with E-state index in [4.69, 9.17) is 5.26 Å². The van der Waals surface area contributed by atoms with Crippen LogP contribution in [0.1, 0.15) is 29.5 Å². The number of aliphatic imine (C=N–C) groups is 1. The quantitative estimate of drug-likeness (QED) is 0.429. The number of halogens is 1. The Morgan fingerprint density at radius 3 is 2.33 bits per heavy atom. The van der Waals surface area contributed by atoms with E-state index in [1.807, 2.05) is 30.3 Å². The molecule has 5 heteroatoms. The van der Waals surface area contributed by atoms with Gasteiger partial charge in [0.15, 0.2) is 5.96 Å². The third-order valence-electron chi connectivity index (χ3n) is 3.71. The van der Waals surface area contributed by atoms with E-state index in [9.17, 15) is 0 Å². The second kappa shape index (κ2) is 10.7. The molecule has 126 valence electrons. The molecule has 0 aliphatic heterocycles. The van der Waals surface area contributed by atoms with E-state index in [-0.39, 0.29) is 24.0 Å². The van der Waals surface area contributed by atoms with Crippen LogP contribution in [0.2, 0.25) is 0 Å². The number of hydrogen-bond acceptors (Lipinski definition) is 2. The minimum Gasteiger partial charge on any atom is -0.356 e. The minimum atomic E-state index is 0. The Morgan fingerprint density at radius 1 is 1.08 bits per heavy atom. The number of nitrogens with one attached hydrogen (secondary N) is 2. The molecule has 0 aliphatic carbocycles. The van der Waals surface area contributed by atoms with Gasteiger partial charge in [0.1, 0.15) is 0 Å². The number of nitriles is 1. The summed E-state index contributed by atoms with van der Waals surface area (Å²) in [5.41, 5.74) is 3.10. The fourth-order valence-corrected chi connectivity index (χ4v) is 2.25. The van der Waals surface area contributed by atoms with E-state index < -0.39 is 0 Å². The van der Waals surface area contributed by atoms with Crippen LogP contribution in [0, 0.1) is 11.3 Å². The third-order valence-corrected chi connectivity index (χ3v) is 3.71. The molecule has 0 spiro atoms. The summed E-state index contributed by atoms with van der Waals surface area (Å²) >= 11 is 0. The van der Waals surface area contributed by atoms with Crippen molar-refractivity contribution < 1.29 is 0 Å². The van der Waals surface area contributed by atoms with Crippen molar-refractivity contribution in [2.24, 2.45) is 4.99 Å². The van der Waals surface area contributed by atoms with Crippen LogP contribution in [0.4, 0.5) is 0 Å². The van der Waals surface area contributed by atoms with Crippen LogP contribution in [-0.4, -0.2) is 19.6 Å². The highest BCUT2D eigenvalue weighted by Crippen LogP contribution is 2.12. The van der Waals surface area contributed by atoms with E-state index in [1.54, 1.807) is 7.05 Å². The van der Waals surface area contributed by atoms with Crippen molar-refractivity contribution in [2.75, 3.05) is 13.6 Å². The average molecular weight is 434 g/mol. The monoisotopic (exact) mass is 434 g/mol. The Kier molecular flexibility index (Phi) is 8.87. The molecule has 0 bridgehead atoms. The van der Waals surface area contributed by atoms with Crippen molar-refractivity contribution in [1.29, 1.82) is 5.26 Å². The first-order valence-electron chi connectivity index (χ1n) is 7.71. The van der Waals surface area contributed by atoms with Crippen molar-refractivity contribution in [2.45, 2.75) is 19.4 Å². The summed E-state index contributed by atoms with van der Waals surface area (Å²) in [6.07, 6.45) is 0. The summed E-state index contributed by atoms with van der Waals surface area (Å²) in [5, 5.41) is 15.4. The van der Waals surface area contributed by atoms with E-state index in [2.05, 4.69) is 52.9 Å². The highest BCUT2D eigenvalue weighted by molar-refractivity contribution is 14.0. The average Bonchev–Trinajstić information content (AvgIpc) is 2.62. The summed E-state index contributed by atoms with van der Waals surface area (Å²) in [6, 6.07) is 20.1. The number of guanidine groups is 1. The highest BCUT2D eigenvalue weighted by atomic mass is 127. The predicted octanol–water partition coefficient (Wildman–Crippen LogP) is 3.64. The Morgan fingerprint density at radius 2 is 1.75 bits per heavy atom. The molecule has 1 atom stereocenters. The smallest absolute Gasteiger partial charge is 0.191 e. The SMILES string of the molecule is CN=C(NCc1ccc(C#N)cc1)NCC(C)c1ccccc1.I. The largest absolute Gasteiger partial charge is 0.356 e. The summed E-state index contributed by atoms with van der Waals surface area (Å²) in [7, 11) is 1.77. The van der Waals surface area contributed by atoms with Crippen LogP contribution < -0.4 is 10.6 Å². The zero-order valence-corrected chi connectivity index (χ0v) is 16.3. The van der Waals surface area contributed by atoms with Gasteiger partial charge in [-0.3, -0.25) is 4.99 Å². The van der Waals surface area contributed by atoms with Crippen molar-refractivity contribution in [3.63, 3.8) is 0 Å². The Balaban J connectivity index is 0.00000288. The molecule has 0 aliphatic rings. The van der Waals surface area contributed by atoms with Gasteiger partial charge < -0.3 is 10.6 Å². The summed E-state index contributed by atoms with van der Waals surface area (Å²) < 4.78 is 0. The first kappa shape index (κ1) is 20.0. The summed E-state index contributed by atoms with van der Waals surface area (Å²) in [4.78, 5) is 4.24. The lowest BCUT2D eigenvalue weighted by molar-refractivity contribution is 0.699. The molecule has 4 nitrogen and oxygen atoms in total. The zero-order chi connectivity index (χ0) is 16.5.